The van der Waals surface area contributed by atoms with Crippen molar-refractivity contribution in [1.82, 2.24) is 0 Å². The molecule has 0 unspecified atom stereocenters. The minimum absolute atomic E-state index is 0.417. The zero-order valence-corrected chi connectivity index (χ0v) is 33.1. The Labute approximate surface area is 367 Å². The Kier molecular flexibility index (Phi) is 14.0. The predicted molar refractivity (Wildman–Crippen MR) is 196 cm³/mol. The standard InChI is InChI=1S/C24BF20.C19H14F3S/c26-5-1(6(27)14(35)21(42)13(5)34)25(2-7(28)15(36)22(43)16(37)8(2)29,3-9(30)17(38)23(44)18(39)10(3)31)4-11(32)19(40)24(45)20(41)12(4)33;20-19(21,22)15-11-13-18(14-12-15)23(16-7-3-1-4-8-16)17-9-5-2-6-10-17/h;1-14H/q-1;+1. The van der Waals surface area contributed by atoms with Crippen LogP contribution in [0.15, 0.2) is 99.6 Å². The third-order valence-corrected chi connectivity index (χ3v) is 12.3. The molecule has 0 fully saturated rings. The molecule has 0 radical (unpaired) electrons. The van der Waals surface area contributed by atoms with Crippen LogP contribution in [-0.4, -0.2) is 6.15 Å². The maximum absolute atomic E-state index is 15.4. The summed E-state index contributed by atoms with van der Waals surface area (Å²) in [4.78, 5) is 3.03. The summed E-state index contributed by atoms with van der Waals surface area (Å²) in [7, 11) is -0.417. The first-order valence-corrected chi connectivity index (χ1v) is 19.2. The van der Waals surface area contributed by atoms with E-state index in [1.807, 2.05) is 60.7 Å². The lowest BCUT2D eigenvalue weighted by atomic mass is 9.12. The van der Waals surface area contributed by atoms with Crippen LogP contribution in [0.2, 0.25) is 0 Å². The summed E-state index contributed by atoms with van der Waals surface area (Å²) < 4.78 is 332. The molecule has 25 heteroatoms. The first-order valence-electron chi connectivity index (χ1n) is 18.0. The molecule has 0 N–H and O–H groups in total. The van der Waals surface area contributed by atoms with E-state index in [2.05, 4.69) is 0 Å². The molecule has 0 bridgehead atoms. The van der Waals surface area contributed by atoms with Gasteiger partial charge in [-0.1, -0.05) is 36.4 Å². The topological polar surface area (TPSA) is 0 Å². The van der Waals surface area contributed by atoms with Crippen molar-refractivity contribution in [3.8, 4) is 0 Å². The van der Waals surface area contributed by atoms with Crippen LogP contribution in [0.3, 0.4) is 0 Å². The number of hydrogen-bond donors (Lipinski definition) is 0. The van der Waals surface area contributed by atoms with E-state index in [0.29, 0.717) is 0 Å². The molecule has 7 rings (SSSR count). The molecule has 356 valence electrons. The molecule has 0 saturated carbocycles. The Morgan fingerprint density at radius 2 is 0.441 bits per heavy atom. The smallest absolute Gasteiger partial charge is 0.207 e. The van der Waals surface area contributed by atoms with E-state index in [0.717, 1.165) is 26.8 Å². The second-order valence-corrected chi connectivity index (χ2v) is 15.8. The van der Waals surface area contributed by atoms with Gasteiger partial charge in [0.2, 0.25) is 0 Å². The zero-order valence-electron chi connectivity index (χ0n) is 32.3. The quantitative estimate of drug-likeness (QED) is 0.0491. The van der Waals surface area contributed by atoms with Crippen LogP contribution < -0.4 is 21.9 Å². The van der Waals surface area contributed by atoms with Gasteiger partial charge >= 0.3 is 6.18 Å². The number of rotatable bonds is 7. The van der Waals surface area contributed by atoms with Crippen LogP contribution in [0.25, 0.3) is 0 Å². The van der Waals surface area contributed by atoms with E-state index in [1.165, 1.54) is 0 Å². The van der Waals surface area contributed by atoms with Crippen LogP contribution in [0.5, 0.6) is 0 Å². The molecule has 0 nitrogen and oxygen atoms in total. The molecular formula is C43H14BF23S. The molecule has 0 atom stereocenters. The van der Waals surface area contributed by atoms with Gasteiger partial charge in [-0.15, -0.1) is 21.9 Å². The van der Waals surface area contributed by atoms with Gasteiger partial charge in [0.1, 0.15) is 52.7 Å². The molecule has 0 aromatic heterocycles. The third-order valence-electron chi connectivity index (χ3n) is 10.1. The van der Waals surface area contributed by atoms with Crippen molar-refractivity contribution in [3.63, 3.8) is 0 Å². The lowest BCUT2D eigenvalue weighted by Crippen LogP contribution is -2.81. The van der Waals surface area contributed by atoms with Gasteiger partial charge in [-0.25, -0.2) is 87.8 Å². The minimum atomic E-state index is -7.22. The lowest BCUT2D eigenvalue weighted by Gasteiger charge is -2.44. The summed E-state index contributed by atoms with van der Waals surface area (Å²) in [5, 5.41) is 0. The fraction of sp³-hybridized carbons (Fsp3) is 0.0233. The largest absolute Gasteiger partial charge is 0.416 e. The average molecular weight is 1010 g/mol. The first kappa shape index (κ1) is 50.8. The second-order valence-electron chi connectivity index (χ2n) is 13.8. The Bertz CT molecular complexity index is 2670. The van der Waals surface area contributed by atoms with Gasteiger partial charge in [-0.2, -0.15) is 13.2 Å². The van der Waals surface area contributed by atoms with Crippen LogP contribution in [-0.2, 0) is 17.1 Å². The van der Waals surface area contributed by atoms with Crippen molar-refractivity contribution in [3.05, 3.63) is 207 Å². The summed E-state index contributed by atoms with van der Waals surface area (Å²) in [6.45, 7) is 0. The maximum atomic E-state index is 15.4. The number of halogens is 23. The molecule has 7 aromatic carbocycles. The predicted octanol–water partition coefficient (Wildman–Crippen LogP) is 11.6. The molecule has 0 heterocycles. The third kappa shape index (κ3) is 8.16. The van der Waals surface area contributed by atoms with E-state index < -0.39 is 167 Å². The normalized spacial score (nSPS) is 11.9. The van der Waals surface area contributed by atoms with Crippen molar-refractivity contribution < 1.29 is 101 Å². The van der Waals surface area contributed by atoms with E-state index in [1.54, 1.807) is 12.1 Å². The van der Waals surface area contributed by atoms with Gasteiger partial charge in [-0.3, -0.25) is 0 Å². The van der Waals surface area contributed by atoms with E-state index in [9.17, 15) is 65.9 Å². The zero-order chi connectivity index (χ0) is 50.6. The fourth-order valence-electron chi connectivity index (χ4n) is 7.18. The van der Waals surface area contributed by atoms with Crippen molar-refractivity contribution in [2.24, 2.45) is 0 Å². The summed E-state index contributed by atoms with van der Waals surface area (Å²) in [6.07, 6.45) is -11.5. The van der Waals surface area contributed by atoms with E-state index in [4.69, 9.17) is 0 Å². The highest BCUT2D eigenvalue weighted by Crippen LogP contribution is 2.35. The van der Waals surface area contributed by atoms with Crippen molar-refractivity contribution in [2.45, 2.75) is 20.9 Å². The molecule has 0 aliphatic carbocycles. The Morgan fingerprint density at radius 1 is 0.250 bits per heavy atom. The van der Waals surface area contributed by atoms with Gasteiger partial charge in [0.15, 0.2) is 84.5 Å². The molecule has 7 aromatic rings. The maximum Gasteiger partial charge on any atom is 0.416 e. The SMILES string of the molecule is FC(F)(F)c1ccc([S+](c2ccccc2)c2ccccc2)cc1.Fc1c(F)c(F)c([B-](c2c(F)c(F)c(F)c(F)c2F)(c2c(F)c(F)c(F)c(F)c2F)c2c(F)c(F)c(F)c(F)c2F)c(F)c1F. The van der Waals surface area contributed by atoms with Gasteiger partial charge in [0.25, 0.3) is 0 Å². The van der Waals surface area contributed by atoms with Gasteiger partial charge < -0.3 is 0 Å². The fourth-order valence-corrected chi connectivity index (χ4v) is 9.26. The summed E-state index contributed by atoms with van der Waals surface area (Å²) in [6, 6.07) is 25.1. The molecule has 0 saturated heterocycles. The number of hydrogen-bond acceptors (Lipinski definition) is 0. The average Bonchev–Trinajstić information content (AvgIpc) is 3.32. The van der Waals surface area contributed by atoms with Gasteiger partial charge in [0, 0.05) is 0 Å². The number of benzene rings is 7. The molecule has 68 heavy (non-hydrogen) atoms. The Morgan fingerprint density at radius 3 is 0.647 bits per heavy atom. The van der Waals surface area contributed by atoms with E-state index in [-0.39, 0.29) is 0 Å². The van der Waals surface area contributed by atoms with Crippen LogP contribution in [0.1, 0.15) is 5.56 Å². The summed E-state index contributed by atoms with van der Waals surface area (Å²) in [5.74, 6) is -71.4. The van der Waals surface area contributed by atoms with Gasteiger partial charge in [0.05, 0.1) is 16.5 Å². The first-order chi connectivity index (χ1) is 31.8. The van der Waals surface area contributed by atoms with Crippen molar-refractivity contribution >= 4 is 38.9 Å². The lowest BCUT2D eigenvalue weighted by molar-refractivity contribution is -0.137. The molecule has 0 aliphatic heterocycles. The summed E-state index contributed by atoms with van der Waals surface area (Å²) in [5.41, 5.74) is -14.9. The monoisotopic (exact) mass is 1010 g/mol. The molecule has 0 amide bonds. The molecule has 0 spiro atoms. The summed E-state index contributed by atoms with van der Waals surface area (Å²) >= 11 is 0. The Balaban J connectivity index is 0.000000276. The van der Waals surface area contributed by atoms with Crippen molar-refractivity contribution in [2.75, 3.05) is 0 Å². The van der Waals surface area contributed by atoms with Gasteiger partial charge in [-0.05, 0) is 48.5 Å². The van der Waals surface area contributed by atoms with Crippen LogP contribution in [0.4, 0.5) is 101 Å². The number of alkyl halides is 3. The van der Waals surface area contributed by atoms with E-state index >= 15 is 35.1 Å². The molecular weight excluding hydrogens is 996 g/mol. The highest BCUT2D eigenvalue weighted by molar-refractivity contribution is 7.97. The minimum Gasteiger partial charge on any atom is -0.207 e. The van der Waals surface area contributed by atoms with Crippen LogP contribution in [0, 0.1) is 116 Å². The Hall–Kier alpha value is -6.66. The van der Waals surface area contributed by atoms with Crippen molar-refractivity contribution in [1.29, 1.82) is 0 Å². The second kappa shape index (κ2) is 18.8. The molecule has 0 aliphatic rings. The highest BCUT2D eigenvalue weighted by Gasteiger charge is 2.52. The van der Waals surface area contributed by atoms with Crippen LogP contribution >= 0.6 is 0 Å². The highest BCUT2D eigenvalue weighted by atomic mass is 32.2.